The van der Waals surface area contributed by atoms with E-state index in [0.717, 1.165) is 42.4 Å². The van der Waals surface area contributed by atoms with Crippen molar-refractivity contribution in [1.29, 1.82) is 0 Å². The van der Waals surface area contributed by atoms with E-state index in [9.17, 15) is 4.79 Å². The molecule has 0 saturated carbocycles. The zero-order valence-electron chi connectivity index (χ0n) is 16.2. The van der Waals surface area contributed by atoms with E-state index < -0.39 is 0 Å². The maximum Gasteiger partial charge on any atom is 0.318 e. The summed E-state index contributed by atoms with van der Waals surface area (Å²) in [5.74, 6) is 0.904. The predicted molar refractivity (Wildman–Crippen MR) is 107 cm³/mol. The van der Waals surface area contributed by atoms with E-state index in [1.54, 1.807) is 10.7 Å². The van der Waals surface area contributed by atoms with Crippen molar-refractivity contribution in [2.45, 2.75) is 26.3 Å². The lowest BCUT2D eigenvalue weighted by molar-refractivity contribution is 0.189. The van der Waals surface area contributed by atoms with Gasteiger partial charge >= 0.3 is 6.03 Å². The highest BCUT2D eigenvalue weighted by Crippen LogP contribution is 2.17. The molecule has 8 heteroatoms. The van der Waals surface area contributed by atoms with Gasteiger partial charge < -0.3 is 15.1 Å². The van der Waals surface area contributed by atoms with Gasteiger partial charge in [-0.2, -0.15) is 0 Å². The van der Waals surface area contributed by atoms with Crippen molar-refractivity contribution in [2.75, 3.05) is 31.1 Å². The Hall–Kier alpha value is -3.16. The Morgan fingerprint density at radius 1 is 1.18 bits per heavy atom. The molecule has 1 atom stereocenters. The number of rotatable bonds is 4. The van der Waals surface area contributed by atoms with Crippen LogP contribution >= 0.6 is 0 Å². The van der Waals surface area contributed by atoms with E-state index in [1.807, 2.05) is 48.4 Å². The van der Waals surface area contributed by atoms with Gasteiger partial charge in [0.15, 0.2) is 5.65 Å². The number of anilines is 1. The third-order valence-electron chi connectivity index (χ3n) is 5.10. The number of amides is 2. The summed E-state index contributed by atoms with van der Waals surface area (Å²) in [6, 6.07) is 9.75. The lowest BCUT2D eigenvalue weighted by Gasteiger charge is -2.36. The zero-order chi connectivity index (χ0) is 19.5. The number of nitrogens with zero attached hydrogens (tertiary/aromatic N) is 6. The first-order valence-electron chi connectivity index (χ1n) is 9.68. The number of pyridine rings is 1. The Bertz CT molecular complexity index is 962. The van der Waals surface area contributed by atoms with Crippen molar-refractivity contribution in [3.8, 4) is 0 Å². The maximum absolute atomic E-state index is 12.7. The molecule has 2 amide bonds. The van der Waals surface area contributed by atoms with Crippen LogP contribution in [0.4, 0.5) is 10.6 Å². The normalized spacial score (nSPS) is 15.6. The molecule has 8 nitrogen and oxygen atoms in total. The molecule has 1 aliphatic rings. The third-order valence-corrected chi connectivity index (χ3v) is 5.10. The monoisotopic (exact) mass is 379 g/mol. The second-order valence-corrected chi connectivity index (χ2v) is 7.01. The lowest BCUT2D eigenvalue weighted by atomic mass is 10.1. The van der Waals surface area contributed by atoms with E-state index in [4.69, 9.17) is 0 Å². The highest BCUT2D eigenvalue weighted by atomic mass is 16.2. The molecule has 0 radical (unpaired) electrons. The summed E-state index contributed by atoms with van der Waals surface area (Å²) in [5, 5.41) is 7.72. The SMILES string of the molecule is CC[C@@H](NC(=O)N1CCN(c2ccc3nccn3n2)CC1)c1cccc(C)n1. The van der Waals surface area contributed by atoms with Crippen LogP contribution < -0.4 is 10.2 Å². The molecule has 4 rings (SSSR count). The molecule has 1 fully saturated rings. The minimum absolute atomic E-state index is 0.0344. The standard InChI is InChI=1S/C20H25N7O/c1-3-16(17-6-4-5-15(2)22-17)23-20(28)26-13-11-25(12-14-26)19-8-7-18-21-9-10-27(18)24-19/h4-10,16H,3,11-14H2,1-2H3,(H,23,28)/t16-/m1/s1. The molecule has 3 aromatic rings. The molecule has 28 heavy (non-hydrogen) atoms. The Balaban J connectivity index is 1.36. The highest BCUT2D eigenvalue weighted by Gasteiger charge is 2.24. The van der Waals surface area contributed by atoms with Crippen LogP contribution in [-0.4, -0.2) is 56.7 Å². The van der Waals surface area contributed by atoms with E-state index in [0.29, 0.717) is 13.1 Å². The second-order valence-electron chi connectivity index (χ2n) is 7.01. The van der Waals surface area contributed by atoms with Crippen molar-refractivity contribution >= 4 is 17.5 Å². The van der Waals surface area contributed by atoms with Gasteiger partial charge in [0.05, 0.1) is 11.7 Å². The Kier molecular flexibility index (Phi) is 5.10. The number of aromatic nitrogens is 4. The Labute approximate surface area is 164 Å². The van der Waals surface area contributed by atoms with Crippen molar-refractivity contribution in [3.63, 3.8) is 0 Å². The molecule has 146 valence electrons. The number of carbonyl (C=O) groups excluding carboxylic acids is 1. The molecular formula is C20H25N7O. The fraction of sp³-hybridized carbons (Fsp3) is 0.400. The fourth-order valence-electron chi connectivity index (χ4n) is 3.50. The summed E-state index contributed by atoms with van der Waals surface area (Å²) in [7, 11) is 0. The van der Waals surface area contributed by atoms with E-state index >= 15 is 0 Å². The molecule has 1 aliphatic heterocycles. The van der Waals surface area contributed by atoms with E-state index in [2.05, 4.69) is 32.2 Å². The summed E-state index contributed by atoms with van der Waals surface area (Å²) in [6.07, 6.45) is 4.38. The number of carbonyl (C=O) groups is 1. The van der Waals surface area contributed by atoms with Crippen LogP contribution in [0.1, 0.15) is 30.8 Å². The predicted octanol–water partition coefficient (Wildman–Crippen LogP) is 2.42. The summed E-state index contributed by atoms with van der Waals surface area (Å²) < 4.78 is 1.77. The van der Waals surface area contributed by atoms with Gasteiger partial charge in [-0.1, -0.05) is 13.0 Å². The van der Waals surface area contributed by atoms with Crippen LogP contribution in [0.5, 0.6) is 0 Å². The van der Waals surface area contributed by atoms with Gasteiger partial charge in [0, 0.05) is 44.3 Å². The average Bonchev–Trinajstić information content (AvgIpc) is 3.20. The molecule has 0 aromatic carbocycles. The summed E-state index contributed by atoms with van der Waals surface area (Å²) in [5.41, 5.74) is 2.70. The van der Waals surface area contributed by atoms with Gasteiger partial charge in [0.2, 0.25) is 0 Å². The van der Waals surface area contributed by atoms with Crippen LogP contribution in [0.15, 0.2) is 42.7 Å². The van der Waals surface area contributed by atoms with Crippen molar-refractivity contribution in [1.82, 2.24) is 29.8 Å². The summed E-state index contributed by atoms with van der Waals surface area (Å²) in [6.45, 7) is 6.85. The number of nitrogens with one attached hydrogen (secondary N) is 1. The van der Waals surface area contributed by atoms with Gasteiger partial charge in [-0.05, 0) is 37.6 Å². The molecule has 0 aliphatic carbocycles. The first kappa shape index (κ1) is 18.2. The topological polar surface area (TPSA) is 78.7 Å². The summed E-state index contributed by atoms with van der Waals surface area (Å²) >= 11 is 0. The average molecular weight is 379 g/mol. The smallest absolute Gasteiger partial charge is 0.318 e. The molecule has 1 N–H and O–H groups in total. The number of piperazine rings is 1. The maximum atomic E-state index is 12.7. The highest BCUT2D eigenvalue weighted by molar-refractivity contribution is 5.75. The van der Waals surface area contributed by atoms with Gasteiger partial charge in [0.25, 0.3) is 0 Å². The fourth-order valence-corrected chi connectivity index (χ4v) is 3.50. The van der Waals surface area contributed by atoms with Crippen LogP contribution in [0, 0.1) is 6.92 Å². The van der Waals surface area contributed by atoms with E-state index in [1.165, 1.54) is 0 Å². The minimum atomic E-state index is -0.0734. The molecule has 0 unspecified atom stereocenters. The van der Waals surface area contributed by atoms with Gasteiger partial charge in [-0.25, -0.2) is 14.3 Å². The number of hydrogen-bond donors (Lipinski definition) is 1. The minimum Gasteiger partial charge on any atom is -0.352 e. The zero-order valence-corrected chi connectivity index (χ0v) is 16.2. The first-order valence-corrected chi connectivity index (χ1v) is 9.68. The number of hydrogen-bond acceptors (Lipinski definition) is 5. The van der Waals surface area contributed by atoms with Gasteiger partial charge in [-0.3, -0.25) is 4.98 Å². The van der Waals surface area contributed by atoms with Crippen LogP contribution in [-0.2, 0) is 0 Å². The van der Waals surface area contributed by atoms with E-state index in [-0.39, 0.29) is 12.1 Å². The number of imidazole rings is 1. The van der Waals surface area contributed by atoms with Gasteiger partial charge in [0.1, 0.15) is 5.82 Å². The molecular weight excluding hydrogens is 354 g/mol. The Morgan fingerprint density at radius 3 is 2.75 bits per heavy atom. The number of aryl methyl sites for hydroxylation is 1. The largest absolute Gasteiger partial charge is 0.352 e. The van der Waals surface area contributed by atoms with Crippen molar-refractivity contribution < 1.29 is 4.79 Å². The molecule has 4 heterocycles. The number of urea groups is 1. The lowest BCUT2D eigenvalue weighted by Crippen LogP contribution is -2.52. The van der Waals surface area contributed by atoms with Crippen LogP contribution in [0.25, 0.3) is 5.65 Å². The van der Waals surface area contributed by atoms with Crippen LogP contribution in [0.3, 0.4) is 0 Å². The molecule has 1 saturated heterocycles. The number of fused-ring (bicyclic) bond motifs is 1. The van der Waals surface area contributed by atoms with Crippen molar-refractivity contribution in [3.05, 3.63) is 54.1 Å². The molecule has 3 aromatic heterocycles. The summed E-state index contributed by atoms with van der Waals surface area (Å²) in [4.78, 5) is 25.6. The first-order chi connectivity index (χ1) is 13.6. The quantitative estimate of drug-likeness (QED) is 0.753. The Morgan fingerprint density at radius 2 is 2.00 bits per heavy atom. The molecule has 0 spiro atoms. The second kappa shape index (κ2) is 7.84. The van der Waals surface area contributed by atoms with Crippen molar-refractivity contribution in [2.24, 2.45) is 0 Å². The third kappa shape index (κ3) is 3.76. The molecule has 0 bridgehead atoms. The van der Waals surface area contributed by atoms with Gasteiger partial charge in [-0.15, -0.1) is 5.10 Å². The van der Waals surface area contributed by atoms with Crippen LogP contribution in [0.2, 0.25) is 0 Å².